The lowest BCUT2D eigenvalue weighted by molar-refractivity contribution is -0.155. The van der Waals surface area contributed by atoms with Crippen molar-refractivity contribution in [2.45, 2.75) is 50.7 Å². The summed E-state index contributed by atoms with van der Waals surface area (Å²) in [5.41, 5.74) is -1.70. The molecule has 3 aliphatic heterocycles. The molecular formula is C21H21ClF3N3O7. The minimum atomic E-state index is -4.62. The second kappa shape index (κ2) is 9.28. The lowest BCUT2D eigenvalue weighted by Gasteiger charge is -2.24. The summed E-state index contributed by atoms with van der Waals surface area (Å²) in [5.74, 6) is -1.32. The molecule has 0 aliphatic carbocycles. The average Bonchev–Trinajstić information content (AvgIpc) is 3.29. The van der Waals surface area contributed by atoms with Gasteiger partial charge in [0.05, 0.1) is 23.8 Å². The van der Waals surface area contributed by atoms with Gasteiger partial charge in [-0.3, -0.25) is 9.59 Å². The van der Waals surface area contributed by atoms with Gasteiger partial charge in [-0.05, 0) is 36.6 Å². The van der Waals surface area contributed by atoms with Crippen molar-refractivity contribution in [3.8, 4) is 0 Å². The fraction of sp³-hybridized carbons (Fsp3) is 0.524. The van der Waals surface area contributed by atoms with Crippen LogP contribution in [0.5, 0.6) is 0 Å². The molecule has 1 aromatic carbocycles. The molecule has 3 heterocycles. The number of nitrogens with zero attached hydrogens (tertiary/aromatic N) is 2. The maximum Gasteiger partial charge on any atom is 0.425 e. The Bertz CT molecular complexity index is 1080. The van der Waals surface area contributed by atoms with Gasteiger partial charge in [0.25, 0.3) is 5.91 Å². The van der Waals surface area contributed by atoms with E-state index in [1.807, 2.05) is 0 Å². The molecule has 0 aromatic heterocycles. The summed E-state index contributed by atoms with van der Waals surface area (Å²) in [6.45, 7) is 1.53. The van der Waals surface area contributed by atoms with Crippen LogP contribution in [0.2, 0.25) is 5.02 Å². The summed E-state index contributed by atoms with van der Waals surface area (Å²) in [4.78, 5) is 51.9. The van der Waals surface area contributed by atoms with Crippen LogP contribution < -0.4 is 5.32 Å². The van der Waals surface area contributed by atoms with Crippen molar-refractivity contribution >= 4 is 35.5 Å². The summed E-state index contributed by atoms with van der Waals surface area (Å²) < 4.78 is 54.4. The smallest absolute Gasteiger partial charge is 0.425 e. The highest BCUT2D eigenvalue weighted by atomic mass is 35.5. The minimum absolute atomic E-state index is 0.0436. The molecule has 1 atom stereocenters. The first-order valence-corrected chi connectivity index (χ1v) is 11.0. The number of hydrogen-bond donors (Lipinski definition) is 1. The highest BCUT2D eigenvalue weighted by Crippen LogP contribution is 2.38. The first-order valence-electron chi connectivity index (χ1n) is 10.6. The quantitative estimate of drug-likeness (QED) is 0.608. The Morgan fingerprint density at radius 3 is 2.46 bits per heavy atom. The largest absolute Gasteiger partial charge is 0.440 e. The number of hydrogen-bond acceptors (Lipinski definition) is 7. The third-order valence-electron chi connectivity index (χ3n) is 5.99. The van der Waals surface area contributed by atoms with Gasteiger partial charge >= 0.3 is 18.3 Å². The topological polar surface area (TPSA) is 114 Å². The SMILES string of the molecule is C[C@]1(CCC(=O)N2Cc3cc(Cl)c(C(F)(F)F)cc3C2)NC(=O)N(C(=O)OC2COCOC2)C1=O. The standard InChI is InChI=1S/C21H21ClF3N3O7/c1-20(17(30)28(18(31)26-20)19(32)35-13-8-33-10-34-9-13)3-2-16(29)27-6-11-4-14(21(23,24)25)15(22)5-12(11)7-27/h4-5,13H,2-3,6-10H2,1H3,(H,26,31)/t20-/m1/s1. The van der Waals surface area contributed by atoms with E-state index in [0.717, 1.165) is 6.07 Å². The highest BCUT2D eigenvalue weighted by molar-refractivity contribution is 6.31. The first-order chi connectivity index (χ1) is 16.4. The van der Waals surface area contributed by atoms with Gasteiger partial charge in [0.1, 0.15) is 12.3 Å². The van der Waals surface area contributed by atoms with Crippen molar-refractivity contribution in [1.82, 2.24) is 15.1 Å². The van der Waals surface area contributed by atoms with Crippen LogP contribution in [-0.2, 0) is 43.1 Å². The normalized spacial score (nSPS) is 22.9. The number of fused-ring (bicyclic) bond motifs is 1. The monoisotopic (exact) mass is 519 g/mol. The van der Waals surface area contributed by atoms with Crippen LogP contribution in [-0.4, -0.2) is 65.4 Å². The fourth-order valence-electron chi connectivity index (χ4n) is 4.08. The van der Waals surface area contributed by atoms with Gasteiger partial charge in [0, 0.05) is 19.5 Å². The van der Waals surface area contributed by atoms with Crippen molar-refractivity contribution in [3.05, 3.63) is 33.8 Å². The Hall–Kier alpha value is -2.90. The Kier molecular flexibility index (Phi) is 6.68. The van der Waals surface area contributed by atoms with Crippen molar-refractivity contribution < 1.29 is 46.6 Å². The number of carbonyl (C=O) groups excluding carboxylic acids is 4. The molecule has 0 bridgehead atoms. The average molecular weight is 520 g/mol. The molecule has 1 aromatic rings. The first kappa shape index (κ1) is 25.2. The molecule has 2 saturated heterocycles. The number of halogens is 4. The van der Waals surface area contributed by atoms with Crippen molar-refractivity contribution in [2.24, 2.45) is 0 Å². The van der Waals surface area contributed by atoms with E-state index >= 15 is 0 Å². The van der Waals surface area contributed by atoms with Gasteiger partial charge in [-0.1, -0.05) is 11.6 Å². The van der Waals surface area contributed by atoms with Gasteiger partial charge in [-0.2, -0.15) is 18.1 Å². The lowest BCUT2D eigenvalue weighted by Crippen LogP contribution is -2.46. The zero-order chi connectivity index (χ0) is 25.5. The maximum absolute atomic E-state index is 13.1. The van der Waals surface area contributed by atoms with Gasteiger partial charge in [-0.15, -0.1) is 0 Å². The number of benzene rings is 1. The van der Waals surface area contributed by atoms with Crippen LogP contribution in [0.4, 0.5) is 22.8 Å². The van der Waals surface area contributed by atoms with Crippen LogP contribution in [0.1, 0.15) is 36.5 Å². The number of imide groups is 3. The predicted molar refractivity (Wildman–Crippen MR) is 111 cm³/mol. The Morgan fingerprint density at radius 2 is 1.83 bits per heavy atom. The second-order valence-corrected chi connectivity index (χ2v) is 9.02. The van der Waals surface area contributed by atoms with Crippen LogP contribution >= 0.6 is 11.6 Å². The molecule has 5 amide bonds. The predicted octanol–water partition coefficient (Wildman–Crippen LogP) is 2.80. The highest BCUT2D eigenvalue weighted by Gasteiger charge is 2.52. The van der Waals surface area contributed by atoms with Crippen LogP contribution in [0, 0.1) is 0 Å². The third kappa shape index (κ3) is 5.07. The zero-order valence-electron chi connectivity index (χ0n) is 18.4. The van der Waals surface area contributed by atoms with Crippen molar-refractivity contribution in [1.29, 1.82) is 0 Å². The van der Waals surface area contributed by atoms with Gasteiger partial charge in [0.15, 0.2) is 6.10 Å². The molecule has 3 aliphatic rings. The molecule has 0 unspecified atom stereocenters. The maximum atomic E-state index is 13.1. The molecule has 0 spiro atoms. The van der Waals surface area contributed by atoms with Crippen LogP contribution in [0.15, 0.2) is 12.1 Å². The molecule has 4 rings (SSSR count). The fourth-order valence-corrected chi connectivity index (χ4v) is 4.37. The van der Waals surface area contributed by atoms with E-state index in [4.69, 9.17) is 25.8 Å². The Labute approximate surface area is 202 Å². The van der Waals surface area contributed by atoms with Gasteiger partial charge < -0.3 is 24.4 Å². The third-order valence-corrected chi connectivity index (χ3v) is 6.31. The van der Waals surface area contributed by atoms with Crippen molar-refractivity contribution in [3.63, 3.8) is 0 Å². The molecule has 14 heteroatoms. The van der Waals surface area contributed by atoms with Gasteiger partial charge in [-0.25, -0.2) is 9.59 Å². The molecule has 10 nitrogen and oxygen atoms in total. The van der Waals surface area contributed by atoms with E-state index in [0.29, 0.717) is 16.0 Å². The minimum Gasteiger partial charge on any atom is -0.440 e. The summed E-state index contributed by atoms with van der Waals surface area (Å²) >= 11 is 5.76. The summed E-state index contributed by atoms with van der Waals surface area (Å²) in [6.07, 6.45) is -6.94. The van der Waals surface area contributed by atoms with E-state index in [2.05, 4.69) is 5.32 Å². The molecular weight excluding hydrogens is 499 g/mol. The lowest BCUT2D eigenvalue weighted by atomic mass is 9.95. The number of rotatable bonds is 4. The summed E-state index contributed by atoms with van der Waals surface area (Å²) in [6, 6.07) is 1.13. The molecule has 0 radical (unpaired) electrons. The molecule has 190 valence electrons. The Morgan fingerprint density at radius 1 is 1.20 bits per heavy atom. The summed E-state index contributed by atoms with van der Waals surface area (Å²) in [5, 5.41) is 1.96. The van der Waals surface area contributed by atoms with Crippen LogP contribution in [0.25, 0.3) is 0 Å². The second-order valence-electron chi connectivity index (χ2n) is 8.62. The Balaban J connectivity index is 1.36. The van der Waals surface area contributed by atoms with E-state index < -0.39 is 52.3 Å². The molecule has 35 heavy (non-hydrogen) atoms. The number of ether oxygens (including phenoxy) is 3. The summed E-state index contributed by atoms with van der Waals surface area (Å²) in [7, 11) is 0. The number of urea groups is 1. The molecule has 1 N–H and O–H groups in total. The number of carbonyl (C=O) groups is 4. The van der Waals surface area contributed by atoms with Gasteiger partial charge in [0.2, 0.25) is 5.91 Å². The molecule has 0 saturated carbocycles. The number of amides is 5. The van der Waals surface area contributed by atoms with Crippen molar-refractivity contribution in [2.75, 3.05) is 20.0 Å². The zero-order valence-corrected chi connectivity index (χ0v) is 19.2. The van der Waals surface area contributed by atoms with E-state index in [1.54, 1.807) is 0 Å². The number of alkyl halides is 3. The van der Waals surface area contributed by atoms with Crippen LogP contribution in [0.3, 0.4) is 0 Å². The van der Waals surface area contributed by atoms with E-state index in [9.17, 15) is 32.3 Å². The number of nitrogens with one attached hydrogen (secondary N) is 1. The van der Waals surface area contributed by atoms with E-state index in [-0.39, 0.29) is 45.9 Å². The molecule has 2 fully saturated rings. The van der Waals surface area contributed by atoms with E-state index in [1.165, 1.54) is 17.9 Å².